The van der Waals surface area contributed by atoms with Gasteiger partial charge in [0.2, 0.25) is 10.0 Å². The third-order valence-corrected chi connectivity index (χ3v) is 4.23. The molecule has 2 rings (SSSR count). The molecule has 0 bridgehead atoms. The molecular weight excluding hydrogens is 284 g/mol. The molecule has 0 amide bonds. The summed E-state index contributed by atoms with van der Waals surface area (Å²) in [4.78, 5) is 16.5. The second-order valence-electron chi connectivity index (χ2n) is 4.04. The lowest BCUT2D eigenvalue weighted by atomic mass is 10.2. The van der Waals surface area contributed by atoms with Gasteiger partial charge < -0.3 is 4.98 Å². The van der Waals surface area contributed by atoms with Gasteiger partial charge in [-0.3, -0.25) is 10.1 Å². The quantitative estimate of drug-likeness (QED) is 0.632. The highest BCUT2D eigenvalue weighted by Crippen LogP contribution is 2.26. The lowest BCUT2D eigenvalue weighted by Crippen LogP contribution is -2.25. The van der Waals surface area contributed by atoms with Crippen molar-refractivity contribution in [2.45, 2.75) is 18.4 Å². The molecule has 0 unspecified atom stereocenters. The summed E-state index contributed by atoms with van der Waals surface area (Å²) in [5.41, 5.74) is -0.136. The maximum absolute atomic E-state index is 12.2. The lowest BCUT2D eigenvalue weighted by molar-refractivity contribution is -0.387. The first kappa shape index (κ1) is 14.2. The van der Waals surface area contributed by atoms with E-state index in [9.17, 15) is 18.5 Å². The Labute approximate surface area is 115 Å². The Morgan fingerprint density at radius 3 is 2.80 bits per heavy atom. The van der Waals surface area contributed by atoms with E-state index >= 15 is 0 Å². The van der Waals surface area contributed by atoms with Crippen LogP contribution in [0.4, 0.5) is 5.69 Å². The minimum atomic E-state index is -3.99. The van der Waals surface area contributed by atoms with Gasteiger partial charge in [0.15, 0.2) is 4.90 Å². The summed E-state index contributed by atoms with van der Waals surface area (Å²) in [7, 11) is -3.99. The molecule has 20 heavy (non-hydrogen) atoms. The van der Waals surface area contributed by atoms with E-state index < -0.39 is 20.6 Å². The normalized spacial score (nSPS) is 11.4. The zero-order valence-electron chi connectivity index (χ0n) is 10.5. The summed E-state index contributed by atoms with van der Waals surface area (Å²) in [6, 6.07) is 4.11. The molecule has 1 heterocycles. The predicted molar refractivity (Wildman–Crippen MR) is 70.4 cm³/mol. The monoisotopic (exact) mass is 296 g/mol. The molecule has 2 N–H and O–H groups in total. The lowest BCUT2D eigenvalue weighted by Gasteiger charge is -2.08. The number of aryl methyl sites for hydroxylation is 1. The minimum absolute atomic E-state index is 0.0686. The molecule has 1 aromatic carbocycles. The predicted octanol–water partition coefficient (Wildman–Crippen LogP) is 1.10. The number of sulfonamides is 1. The van der Waals surface area contributed by atoms with E-state index in [-0.39, 0.29) is 11.4 Å². The third kappa shape index (κ3) is 2.83. The van der Waals surface area contributed by atoms with Crippen molar-refractivity contribution in [1.29, 1.82) is 0 Å². The van der Waals surface area contributed by atoms with Gasteiger partial charge in [-0.1, -0.05) is 12.1 Å². The molecule has 0 saturated heterocycles. The fraction of sp³-hybridized carbons (Fsp3) is 0.182. The summed E-state index contributed by atoms with van der Waals surface area (Å²) in [6.45, 7) is 1.44. The second-order valence-corrected chi connectivity index (χ2v) is 5.74. The molecule has 0 atom stereocenters. The standard InChI is InChI=1S/C11H12N4O4S/c1-8-3-2-4-9(15(16)17)11(8)20(18,19)14-7-10-12-5-6-13-10/h2-6,14H,7H2,1H3,(H,12,13). The Kier molecular flexibility index (Phi) is 3.81. The van der Waals surface area contributed by atoms with Crippen LogP contribution >= 0.6 is 0 Å². The summed E-state index contributed by atoms with van der Waals surface area (Å²) in [6.07, 6.45) is 3.04. The van der Waals surface area contributed by atoms with Crippen LogP contribution in [-0.4, -0.2) is 23.3 Å². The highest BCUT2D eigenvalue weighted by atomic mass is 32.2. The van der Waals surface area contributed by atoms with Crippen molar-refractivity contribution in [3.63, 3.8) is 0 Å². The minimum Gasteiger partial charge on any atom is -0.347 e. The average Bonchev–Trinajstić information content (AvgIpc) is 2.89. The summed E-state index contributed by atoms with van der Waals surface area (Å²) >= 11 is 0. The van der Waals surface area contributed by atoms with Gasteiger partial charge >= 0.3 is 0 Å². The van der Waals surface area contributed by atoms with Crippen molar-refractivity contribution < 1.29 is 13.3 Å². The average molecular weight is 296 g/mol. The molecule has 0 aliphatic rings. The fourth-order valence-corrected chi connectivity index (χ4v) is 3.14. The summed E-state index contributed by atoms with van der Waals surface area (Å²) < 4.78 is 26.7. The van der Waals surface area contributed by atoms with Gasteiger partial charge in [-0.25, -0.2) is 18.1 Å². The van der Waals surface area contributed by atoms with Crippen molar-refractivity contribution in [2.24, 2.45) is 0 Å². The van der Waals surface area contributed by atoms with Gasteiger partial charge in [0.05, 0.1) is 11.5 Å². The van der Waals surface area contributed by atoms with Gasteiger partial charge in [-0.05, 0) is 12.5 Å². The number of aromatic nitrogens is 2. The van der Waals surface area contributed by atoms with Crippen LogP contribution in [-0.2, 0) is 16.6 Å². The van der Waals surface area contributed by atoms with E-state index in [0.29, 0.717) is 11.4 Å². The fourth-order valence-electron chi connectivity index (χ4n) is 1.76. The number of nitro benzene ring substituents is 1. The van der Waals surface area contributed by atoms with Gasteiger partial charge in [-0.2, -0.15) is 0 Å². The van der Waals surface area contributed by atoms with Crippen LogP contribution < -0.4 is 4.72 Å². The third-order valence-electron chi connectivity index (χ3n) is 2.64. The first-order valence-corrected chi connectivity index (χ1v) is 7.12. The Morgan fingerprint density at radius 2 is 2.20 bits per heavy atom. The zero-order chi connectivity index (χ0) is 14.8. The van der Waals surface area contributed by atoms with Gasteiger partial charge in [0.1, 0.15) is 5.82 Å². The number of H-pyrrole nitrogens is 1. The van der Waals surface area contributed by atoms with Crippen molar-refractivity contribution in [1.82, 2.24) is 14.7 Å². The van der Waals surface area contributed by atoms with Gasteiger partial charge in [0, 0.05) is 18.5 Å². The van der Waals surface area contributed by atoms with Crippen LogP contribution in [0.25, 0.3) is 0 Å². The Hall–Kier alpha value is -2.26. The molecule has 0 aliphatic heterocycles. The van der Waals surface area contributed by atoms with Gasteiger partial charge in [0.25, 0.3) is 5.69 Å². The van der Waals surface area contributed by atoms with Crippen LogP contribution in [0.15, 0.2) is 35.5 Å². The highest BCUT2D eigenvalue weighted by Gasteiger charge is 2.27. The number of rotatable bonds is 5. The molecule has 0 radical (unpaired) electrons. The zero-order valence-corrected chi connectivity index (χ0v) is 11.3. The van der Waals surface area contributed by atoms with Crippen molar-refractivity contribution in [3.8, 4) is 0 Å². The van der Waals surface area contributed by atoms with E-state index in [1.807, 2.05) is 0 Å². The summed E-state index contributed by atoms with van der Waals surface area (Å²) in [5.74, 6) is 0.421. The SMILES string of the molecule is Cc1cccc([N+](=O)[O-])c1S(=O)(=O)NCc1ncc[nH]1. The maximum Gasteiger partial charge on any atom is 0.289 e. The molecule has 0 saturated carbocycles. The highest BCUT2D eigenvalue weighted by molar-refractivity contribution is 7.89. The van der Waals surface area contributed by atoms with E-state index in [4.69, 9.17) is 0 Å². The van der Waals surface area contributed by atoms with Crippen LogP contribution in [0.5, 0.6) is 0 Å². The van der Waals surface area contributed by atoms with Crippen LogP contribution in [0.1, 0.15) is 11.4 Å². The van der Waals surface area contributed by atoms with E-state index in [1.54, 1.807) is 6.20 Å². The van der Waals surface area contributed by atoms with Crippen LogP contribution in [0.3, 0.4) is 0 Å². The Bertz CT molecular complexity index is 725. The molecule has 0 aliphatic carbocycles. The second kappa shape index (κ2) is 5.39. The number of hydrogen-bond donors (Lipinski definition) is 2. The Morgan fingerprint density at radius 1 is 1.45 bits per heavy atom. The van der Waals surface area contributed by atoms with Crippen LogP contribution in [0.2, 0.25) is 0 Å². The van der Waals surface area contributed by atoms with Gasteiger partial charge in [-0.15, -0.1) is 0 Å². The van der Waals surface area contributed by atoms with E-state index in [2.05, 4.69) is 14.7 Å². The first-order valence-electron chi connectivity index (χ1n) is 5.64. The van der Waals surface area contributed by atoms with Crippen molar-refractivity contribution in [3.05, 3.63) is 52.1 Å². The maximum atomic E-state index is 12.2. The first-order chi connectivity index (χ1) is 9.42. The smallest absolute Gasteiger partial charge is 0.289 e. The molecule has 1 aromatic heterocycles. The Balaban J connectivity index is 2.36. The summed E-state index contributed by atoms with van der Waals surface area (Å²) in [5, 5.41) is 10.9. The topological polar surface area (TPSA) is 118 Å². The molecule has 9 heteroatoms. The number of nitro groups is 1. The molecule has 106 valence electrons. The van der Waals surface area contributed by atoms with Crippen LogP contribution in [0, 0.1) is 17.0 Å². The molecule has 8 nitrogen and oxygen atoms in total. The van der Waals surface area contributed by atoms with E-state index in [1.165, 1.54) is 25.3 Å². The molecular formula is C11H12N4O4S. The number of benzene rings is 1. The number of nitrogens with one attached hydrogen (secondary N) is 2. The molecule has 0 fully saturated rings. The largest absolute Gasteiger partial charge is 0.347 e. The van der Waals surface area contributed by atoms with Crippen molar-refractivity contribution >= 4 is 15.7 Å². The number of hydrogen-bond acceptors (Lipinski definition) is 5. The van der Waals surface area contributed by atoms with E-state index in [0.717, 1.165) is 6.07 Å². The molecule has 0 spiro atoms. The number of aromatic amines is 1. The number of nitrogens with zero attached hydrogens (tertiary/aromatic N) is 2. The molecule has 2 aromatic rings. The van der Waals surface area contributed by atoms with Crippen molar-refractivity contribution in [2.75, 3.05) is 0 Å². The number of imidazole rings is 1.